The van der Waals surface area contributed by atoms with Crippen molar-refractivity contribution in [1.29, 1.82) is 0 Å². The Morgan fingerprint density at radius 3 is 2.77 bits per heavy atom. The minimum Gasteiger partial charge on any atom is -0.507 e. The van der Waals surface area contributed by atoms with Crippen LogP contribution in [0.15, 0.2) is 12.5 Å². The first kappa shape index (κ1) is 16.9. The van der Waals surface area contributed by atoms with E-state index in [2.05, 4.69) is 9.55 Å². The van der Waals surface area contributed by atoms with Gasteiger partial charge in [-0.15, -0.1) is 0 Å². The second-order valence-corrected chi connectivity index (χ2v) is 7.67. The van der Waals surface area contributed by atoms with Crippen LogP contribution in [0.4, 0.5) is 0 Å². The monoisotopic (exact) mass is 355 g/mol. The number of benzene rings is 1. The molecule has 0 spiro atoms. The fraction of sp³-hybridized carbons (Fsp3) is 0.500. The zero-order valence-corrected chi connectivity index (χ0v) is 15.8. The summed E-state index contributed by atoms with van der Waals surface area (Å²) in [5.41, 5.74) is 3.79. The van der Waals surface area contributed by atoms with Crippen molar-refractivity contribution in [1.82, 2.24) is 14.5 Å². The SMILES string of the molecule is Cc1c(C)c2c(c(C)c1O)CC[C@](C)(C(=O)N1CCn3cncc3C1)O2. The minimum atomic E-state index is -0.879. The van der Waals surface area contributed by atoms with Gasteiger partial charge in [0.2, 0.25) is 0 Å². The van der Waals surface area contributed by atoms with Crippen LogP contribution in [0.5, 0.6) is 11.5 Å². The van der Waals surface area contributed by atoms with Crippen LogP contribution in [0.1, 0.15) is 41.3 Å². The molecule has 3 heterocycles. The van der Waals surface area contributed by atoms with Crippen LogP contribution in [0, 0.1) is 20.8 Å². The molecule has 4 rings (SSSR count). The number of carbonyl (C=O) groups excluding carboxylic acids is 1. The van der Waals surface area contributed by atoms with E-state index in [4.69, 9.17) is 4.74 Å². The maximum absolute atomic E-state index is 13.3. The molecule has 1 amide bonds. The van der Waals surface area contributed by atoms with Gasteiger partial charge in [0.1, 0.15) is 11.5 Å². The van der Waals surface area contributed by atoms with Gasteiger partial charge in [0, 0.05) is 31.3 Å². The number of fused-ring (bicyclic) bond motifs is 2. The topological polar surface area (TPSA) is 67.6 Å². The van der Waals surface area contributed by atoms with Crippen molar-refractivity contribution in [3.05, 3.63) is 40.5 Å². The van der Waals surface area contributed by atoms with Crippen LogP contribution in [0.3, 0.4) is 0 Å². The quantitative estimate of drug-likeness (QED) is 0.854. The van der Waals surface area contributed by atoms with Gasteiger partial charge in [0.05, 0.1) is 18.6 Å². The highest BCUT2D eigenvalue weighted by molar-refractivity contribution is 5.86. The third-order valence-corrected chi connectivity index (χ3v) is 6.02. The van der Waals surface area contributed by atoms with Crippen molar-refractivity contribution in [2.24, 2.45) is 0 Å². The van der Waals surface area contributed by atoms with Crippen molar-refractivity contribution in [3.63, 3.8) is 0 Å². The van der Waals surface area contributed by atoms with Crippen molar-refractivity contribution < 1.29 is 14.6 Å². The highest BCUT2D eigenvalue weighted by atomic mass is 16.5. The summed E-state index contributed by atoms with van der Waals surface area (Å²) in [6.07, 6.45) is 4.97. The lowest BCUT2D eigenvalue weighted by atomic mass is 9.86. The molecule has 0 radical (unpaired) electrons. The predicted octanol–water partition coefficient (Wildman–Crippen LogP) is 2.64. The molecule has 2 aliphatic rings. The highest BCUT2D eigenvalue weighted by Gasteiger charge is 2.43. The summed E-state index contributed by atoms with van der Waals surface area (Å²) in [5, 5.41) is 10.3. The number of aromatic hydroxyl groups is 1. The number of rotatable bonds is 1. The molecular formula is C20H25N3O3. The lowest BCUT2D eigenvalue weighted by Gasteiger charge is -2.40. The maximum atomic E-state index is 13.3. The Balaban J connectivity index is 1.64. The summed E-state index contributed by atoms with van der Waals surface area (Å²) < 4.78 is 8.41. The number of hydrogen-bond donors (Lipinski definition) is 1. The zero-order valence-electron chi connectivity index (χ0n) is 15.8. The predicted molar refractivity (Wildman–Crippen MR) is 97.3 cm³/mol. The average Bonchev–Trinajstić information content (AvgIpc) is 3.11. The molecule has 0 saturated heterocycles. The van der Waals surface area contributed by atoms with Gasteiger partial charge in [0.25, 0.3) is 5.91 Å². The lowest BCUT2D eigenvalue weighted by Crippen LogP contribution is -2.54. The molecule has 0 unspecified atom stereocenters. The van der Waals surface area contributed by atoms with E-state index in [0.717, 1.165) is 46.7 Å². The Hall–Kier alpha value is -2.50. The van der Waals surface area contributed by atoms with Crippen LogP contribution in [-0.2, 0) is 24.3 Å². The maximum Gasteiger partial charge on any atom is 0.266 e. The zero-order chi connectivity index (χ0) is 18.6. The normalized spacial score (nSPS) is 21.8. The first-order chi connectivity index (χ1) is 12.3. The second kappa shape index (κ2) is 5.76. The van der Waals surface area contributed by atoms with E-state index in [0.29, 0.717) is 25.3 Å². The van der Waals surface area contributed by atoms with Gasteiger partial charge in [-0.1, -0.05) is 0 Å². The van der Waals surface area contributed by atoms with Gasteiger partial charge in [-0.25, -0.2) is 4.98 Å². The molecule has 1 aromatic heterocycles. The number of aromatic nitrogens is 2. The molecule has 6 nitrogen and oxygen atoms in total. The first-order valence-electron chi connectivity index (χ1n) is 9.11. The fourth-order valence-corrected chi connectivity index (χ4v) is 4.09. The molecule has 0 bridgehead atoms. The van der Waals surface area contributed by atoms with E-state index < -0.39 is 5.60 Å². The van der Waals surface area contributed by atoms with Crippen molar-refractivity contribution in [2.75, 3.05) is 6.54 Å². The summed E-state index contributed by atoms with van der Waals surface area (Å²) in [6, 6.07) is 0. The van der Waals surface area contributed by atoms with Crippen molar-refractivity contribution >= 4 is 5.91 Å². The van der Waals surface area contributed by atoms with E-state index in [-0.39, 0.29) is 5.91 Å². The Morgan fingerprint density at radius 2 is 2.00 bits per heavy atom. The molecule has 0 aliphatic carbocycles. The highest BCUT2D eigenvalue weighted by Crippen LogP contribution is 2.43. The molecule has 2 aliphatic heterocycles. The number of amides is 1. The third kappa shape index (κ3) is 2.39. The molecule has 1 N–H and O–H groups in total. The second-order valence-electron chi connectivity index (χ2n) is 7.67. The average molecular weight is 355 g/mol. The van der Waals surface area contributed by atoms with Gasteiger partial charge in [-0.3, -0.25) is 4.79 Å². The fourth-order valence-electron chi connectivity index (χ4n) is 4.09. The first-order valence-corrected chi connectivity index (χ1v) is 9.11. The molecule has 2 aromatic rings. The van der Waals surface area contributed by atoms with Crippen molar-refractivity contribution in [2.45, 2.75) is 59.2 Å². The Bertz CT molecular complexity index is 902. The van der Waals surface area contributed by atoms with E-state index in [1.165, 1.54) is 0 Å². The van der Waals surface area contributed by atoms with Gasteiger partial charge >= 0.3 is 0 Å². The van der Waals surface area contributed by atoms with E-state index in [1.54, 1.807) is 0 Å². The summed E-state index contributed by atoms with van der Waals surface area (Å²) in [6.45, 7) is 9.64. The van der Waals surface area contributed by atoms with Crippen LogP contribution in [0.25, 0.3) is 0 Å². The van der Waals surface area contributed by atoms with Crippen LogP contribution in [0.2, 0.25) is 0 Å². The molecular weight excluding hydrogens is 330 g/mol. The number of imidazole rings is 1. The number of nitrogens with zero attached hydrogens (tertiary/aromatic N) is 3. The van der Waals surface area contributed by atoms with Crippen molar-refractivity contribution in [3.8, 4) is 11.5 Å². The molecule has 1 aromatic carbocycles. The molecule has 0 fully saturated rings. The van der Waals surface area contributed by atoms with Crippen LogP contribution in [-0.4, -0.2) is 37.6 Å². The summed E-state index contributed by atoms with van der Waals surface area (Å²) >= 11 is 0. The molecule has 138 valence electrons. The summed E-state index contributed by atoms with van der Waals surface area (Å²) in [5.74, 6) is 1.13. The summed E-state index contributed by atoms with van der Waals surface area (Å²) in [4.78, 5) is 19.3. The largest absolute Gasteiger partial charge is 0.507 e. The molecule has 0 saturated carbocycles. The summed E-state index contributed by atoms with van der Waals surface area (Å²) in [7, 11) is 0. The van der Waals surface area contributed by atoms with Gasteiger partial charge in [-0.05, 0) is 50.8 Å². The number of carbonyl (C=O) groups is 1. The number of phenols is 1. The Kier molecular flexibility index (Phi) is 3.75. The number of ether oxygens (including phenoxy) is 1. The van der Waals surface area contributed by atoms with E-state index in [1.807, 2.05) is 45.1 Å². The Labute approximate surface area is 153 Å². The third-order valence-electron chi connectivity index (χ3n) is 6.02. The van der Waals surface area contributed by atoms with E-state index in [9.17, 15) is 9.90 Å². The lowest BCUT2D eigenvalue weighted by molar-refractivity contribution is -0.149. The minimum absolute atomic E-state index is 0.0263. The van der Waals surface area contributed by atoms with E-state index >= 15 is 0 Å². The molecule has 6 heteroatoms. The standard InChI is InChI=1S/C20H25N3O3/c1-12-13(2)18-16(14(3)17(12)24)5-6-20(4,26-18)19(25)22-7-8-23-11-21-9-15(23)10-22/h9,11,24H,5-8,10H2,1-4H3/t20-/m1/s1. The Morgan fingerprint density at radius 1 is 1.23 bits per heavy atom. The van der Waals surface area contributed by atoms with Gasteiger partial charge in [0.15, 0.2) is 5.60 Å². The van der Waals surface area contributed by atoms with Crippen LogP contribution < -0.4 is 4.74 Å². The number of phenolic OH excluding ortho intramolecular Hbond substituents is 1. The molecule has 1 atom stereocenters. The van der Waals surface area contributed by atoms with Crippen LogP contribution >= 0.6 is 0 Å². The number of hydrogen-bond acceptors (Lipinski definition) is 4. The smallest absolute Gasteiger partial charge is 0.266 e. The van der Waals surface area contributed by atoms with Gasteiger partial charge in [-0.2, -0.15) is 0 Å². The molecule has 26 heavy (non-hydrogen) atoms. The van der Waals surface area contributed by atoms with Gasteiger partial charge < -0.3 is 19.3 Å².